The Hall–Kier alpha value is -2.86. The van der Waals surface area contributed by atoms with Gasteiger partial charge in [0.1, 0.15) is 6.04 Å². The van der Waals surface area contributed by atoms with E-state index in [0.29, 0.717) is 16.3 Å². The predicted molar refractivity (Wildman–Crippen MR) is 99.2 cm³/mol. The lowest BCUT2D eigenvalue weighted by Crippen LogP contribution is -2.48. The first-order valence-corrected chi connectivity index (χ1v) is 8.26. The number of hydrogen-bond donors (Lipinski definition) is 1. The van der Waals surface area contributed by atoms with Crippen LogP contribution in [0.15, 0.2) is 54.6 Å². The number of carbonyl (C=O) groups is 3. The van der Waals surface area contributed by atoms with Crippen molar-refractivity contribution in [3.05, 3.63) is 65.2 Å². The maximum Gasteiger partial charge on any atom is 0.308 e. The van der Waals surface area contributed by atoms with Gasteiger partial charge < -0.3 is 15.0 Å². The van der Waals surface area contributed by atoms with E-state index in [2.05, 4.69) is 10.1 Å². The number of likely N-dealkylation sites (N-methyl/N-ethyl adjacent to an activating group) is 1. The van der Waals surface area contributed by atoms with Crippen molar-refractivity contribution >= 4 is 35.1 Å². The molecular formula is C19H19ClN2O4. The van der Waals surface area contributed by atoms with Crippen LogP contribution in [0.4, 0.5) is 5.69 Å². The van der Waals surface area contributed by atoms with E-state index in [4.69, 9.17) is 11.6 Å². The molecule has 0 spiro atoms. The minimum Gasteiger partial charge on any atom is -0.469 e. The predicted octanol–water partition coefficient (Wildman–Crippen LogP) is 2.66. The number of ether oxygens (including phenoxy) is 1. The molecule has 0 aliphatic carbocycles. The summed E-state index contributed by atoms with van der Waals surface area (Å²) in [5, 5.41) is 3.09. The third-order valence-corrected chi connectivity index (χ3v) is 4.03. The fraction of sp³-hybridized carbons (Fsp3) is 0.211. The lowest BCUT2D eigenvalue weighted by molar-refractivity contribution is -0.142. The Labute approximate surface area is 156 Å². The molecule has 2 aromatic rings. The lowest BCUT2D eigenvalue weighted by atomic mass is 10.1. The van der Waals surface area contributed by atoms with Crippen molar-refractivity contribution in [3.63, 3.8) is 0 Å². The molecule has 6 nitrogen and oxygen atoms in total. The summed E-state index contributed by atoms with van der Waals surface area (Å²) < 4.78 is 4.64. The van der Waals surface area contributed by atoms with Crippen molar-refractivity contribution < 1.29 is 19.1 Å². The molecule has 26 heavy (non-hydrogen) atoms. The molecule has 0 aromatic heterocycles. The number of hydrogen-bond acceptors (Lipinski definition) is 4. The summed E-state index contributed by atoms with van der Waals surface area (Å²) in [6.45, 7) is 0. The highest BCUT2D eigenvalue weighted by atomic mass is 35.5. The SMILES string of the molecule is COC(=O)CC(NC(=O)c1ccc(Cl)cc1)C(=O)N(C)c1ccccc1. The molecule has 7 heteroatoms. The molecule has 2 amide bonds. The summed E-state index contributed by atoms with van der Waals surface area (Å²) in [5.41, 5.74) is 0.979. The highest BCUT2D eigenvalue weighted by Gasteiger charge is 2.28. The van der Waals surface area contributed by atoms with Gasteiger partial charge >= 0.3 is 5.97 Å². The van der Waals surface area contributed by atoms with Crippen LogP contribution in [0.5, 0.6) is 0 Å². The van der Waals surface area contributed by atoms with E-state index < -0.39 is 23.8 Å². The molecule has 0 heterocycles. The summed E-state index contributed by atoms with van der Waals surface area (Å²) in [6.07, 6.45) is -0.272. The summed E-state index contributed by atoms with van der Waals surface area (Å²) in [5.74, 6) is -1.50. The fourth-order valence-corrected chi connectivity index (χ4v) is 2.43. The Morgan fingerprint density at radius 3 is 2.27 bits per heavy atom. The normalized spacial score (nSPS) is 11.3. The molecule has 2 aromatic carbocycles. The van der Waals surface area contributed by atoms with Crippen LogP contribution in [-0.2, 0) is 14.3 Å². The van der Waals surface area contributed by atoms with Gasteiger partial charge in [-0.25, -0.2) is 0 Å². The standard InChI is InChI=1S/C19H19ClN2O4/c1-22(15-6-4-3-5-7-15)19(25)16(12-17(23)26-2)21-18(24)13-8-10-14(20)11-9-13/h3-11,16H,12H2,1-2H3,(H,21,24). The third kappa shape index (κ3) is 5.07. The van der Waals surface area contributed by atoms with E-state index in [9.17, 15) is 14.4 Å². The zero-order valence-electron chi connectivity index (χ0n) is 14.4. The quantitative estimate of drug-likeness (QED) is 0.789. The molecule has 1 atom stereocenters. The Morgan fingerprint density at radius 1 is 1.08 bits per heavy atom. The van der Waals surface area contributed by atoms with E-state index in [1.165, 1.54) is 24.1 Å². The van der Waals surface area contributed by atoms with Crippen LogP contribution in [0, 0.1) is 0 Å². The largest absolute Gasteiger partial charge is 0.469 e. The molecule has 0 fully saturated rings. The minimum absolute atomic E-state index is 0.272. The highest BCUT2D eigenvalue weighted by molar-refractivity contribution is 6.30. The van der Waals surface area contributed by atoms with Gasteiger partial charge in [-0.05, 0) is 36.4 Å². The first kappa shape index (κ1) is 19.5. The van der Waals surface area contributed by atoms with Gasteiger partial charge in [-0.2, -0.15) is 0 Å². The second kappa shape index (κ2) is 9.01. The Morgan fingerprint density at radius 2 is 1.69 bits per heavy atom. The number of nitrogens with one attached hydrogen (secondary N) is 1. The molecule has 2 rings (SSSR count). The maximum absolute atomic E-state index is 12.8. The van der Waals surface area contributed by atoms with E-state index in [1.54, 1.807) is 43.4 Å². The molecule has 0 bridgehead atoms. The number of amides is 2. The molecule has 1 N–H and O–H groups in total. The van der Waals surface area contributed by atoms with Gasteiger partial charge in [0.25, 0.3) is 5.91 Å². The summed E-state index contributed by atoms with van der Waals surface area (Å²) in [4.78, 5) is 38.3. The molecule has 0 saturated carbocycles. The number of carbonyl (C=O) groups excluding carboxylic acids is 3. The van der Waals surface area contributed by atoms with E-state index in [-0.39, 0.29) is 6.42 Å². The smallest absolute Gasteiger partial charge is 0.308 e. The Balaban J connectivity index is 2.19. The van der Waals surface area contributed by atoms with Crippen LogP contribution in [-0.4, -0.2) is 38.0 Å². The average Bonchev–Trinajstić information content (AvgIpc) is 2.67. The Kier molecular flexibility index (Phi) is 6.74. The number of benzene rings is 2. The first-order valence-electron chi connectivity index (χ1n) is 7.88. The lowest BCUT2D eigenvalue weighted by Gasteiger charge is -2.24. The number of esters is 1. The average molecular weight is 375 g/mol. The van der Waals surface area contributed by atoms with Gasteiger partial charge in [0.05, 0.1) is 13.5 Å². The zero-order valence-corrected chi connectivity index (χ0v) is 15.2. The minimum atomic E-state index is -1.06. The molecule has 0 radical (unpaired) electrons. The van der Waals surface area contributed by atoms with Gasteiger partial charge in [0.15, 0.2) is 0 Å². The van der Waals surface area contributed by atoms with E-state index in [1.807, 2.05) is 6.07 Å². The van der Waals surface area contributed by atoms with Crippen molar-refractivity contribution in [2.75, 3.05) is 19.1 Å². The molecule has 1 unspecified atom stereocenters. The van der Waals surface area contributed by atoms with E-state index >= 15 is 0 Å². The van der Waals surface area contributed by atoms with Gasteiger partial charge in [-0.15, -0.1) is 0 Å². The van der Waals surface area contributed by atoms with Crippen LogP contribution in [0.1, 0.15) is 16.8 Å². The molecule has 136 valence electrons. The van der Waals surface area contributed by atoms with Crippen molar-refractivity contribution in [1.29, 1.82) is 0 Å². The highest BCUT2D eigenvalue weighted by Crippen LogP contribution is 2.14. The van der Waals surface area contributed by atoms with E-state index in [0.717, 1.165) is 0 Å². The molecule has 0 aliphatic rings. The zero-order chi connectivity index (χ0) is 19.1. The molecule has 0 saturated heterocycles. The topological polar surface area (TPSA) is 75.7 Å². The number of methoxy groups -OCH3 is 1. The van der Waals surface area contributed by atoms with Gasteiger partial charge in [0, 0.05) is 23.3 Å². The second-order valence-corrected chi connectivity index (χ2v) is 5.98. The number of rotatable bonds is 6. The first-order chi connectivity index (χ1) is 12.4. The molecular weight excluding hydrogens is 356 g/mol. The maximum atomic E-state index is 12.8. The van der Waals surface area contributed by atoms with Crippen LogP contribution in [0.3, 0.4) is 0 Å². The fourth-order valence-electron chi connectivity index (χ4n) is 2.31. The summed E-state index contributed by atoms with van der Waals surface area (Å²) >= 11 is 5.82. The third-order valence-electron chi connectivity index (χ3n) is 3.78. The van der Waals surface area contributed by atoms with Crippen molar-refractivity contribution in [3.8, 4) is 0 Å². The van der Waals surface area contributed by atoms with Gasteiger partial charge in [-0.3, -0.25) is 14.4 Å². The van der Waals surface area contributed by atoms with Crippen molar-refractivity contribution in [2.24, 2.45) is 0 Å². The number of nitrogens with zero attached hydrogens (tertiary/aromatic N) is 1. The monoisotopic (exact) mass is 374 g/mol. The molecule has 0 aliphatic heterocycles. The van der Waals surface area contributed by atoms with Gasteiger partial charge in [-0.1, -0.05) is 29.8 Å². The van der Waals surface area contributed by atoms with Gasteiger partial charge in [0.2, 0.25) is 5.91 Å². The number of halogens is 1. The summed E-state index contributed by atoms with van der Waals surface area (Å²) in [6, 6.07) is 14.1. The second-order valence-electron chi connectivity index (χ2n) is 5.55. The Bertz CT molecular complexity index is 778. The number of para-hydroxylation sites is 1. The van der Waals surface area contributed by atoms with Crippen molar-refractivity contribution in [1.82, 2.24) is 5.32 Å². The van der Waals surface area contributed by atoms with Crippen LogP contribution >= 0.6 is 11.6 Å². The van der Waals surface area contributed by atoms with Crippen molar-refractivity contribution in [2.45, 2.75) is 12.5 Å². The number of anilines is 1. The summed E-state index contributed by atoms with van der Waals surface area (Å²) in [7, 11) is 2.81. The van der Waals surface area contributed by atoms with Crippen LogP contribution < -0.4 is 10.2 Å². The van der Waals surface area contributed by atoms with Crippen LogP contribution in [0.25, 0.3) is 0 Å². The van der Waals surface area contributed by atoms with Crippen LogP contribution in [0.2, 0.25) is 5.02 Å².